The van der Waals surface area contributed by atoms with Crippen molar-refractivity contribution in [3.63, 3.8) is 0 Å². The van der Waals surface area contributed by atoms with Gasteiger partial charge in [0.25, 0.3) is 0 Å². The van der Waals surface area contributed by atoms with E-state index in [0.717, 1.165) is 6.07 Å². The van der Waals surface area contributed by atoms with Crippen LogP contribution in [-0.2, 0) is 6.18 Å². The van der Waals surface area contributed by atoms with Crippen LogP contribution in [0, 0.1) is 6.92 Å². The summed E-state index contributed by atoms with van der Waals surface area (Å²) in [7, 11) is 1.31. The van der Waals surface area contributed by atoms with Gasteiger partial charge in [-0.1, -0.05) is 0 Å². The van der Waals surface area contributed by atoms with Crippen molar-refractivity contribution in [3.8, 4) is 17.0 Å². The normalized spacial score (nSPS) is 12.8. The molecule has 0 saturated heterocycles. The van der Waals surface area contributed by atoms with Gasteiger partial charge in [-0.15, -0.1) is 10.2 Å². The summed E-state index contributed by atoms with van der Waals surface area (Å²) in [5, 5.41) is 19.9. The fraction of sp³-hybridized carbons (Fsp3) is 0.375. The molecule has 0 aliphatic heterocycles. The van der Waals surface area contributed by atoms with E-state index in [4.69, 9.17) is 4.74 Å². The number of aliphatic hydroxyl groups is 1. The van der Waals surface area contributed by atoms with Crippen LogP contribution < -0.4 is 10.1 Å². The number of anilines is 1. The van der Waals surface area contributed by atoms with E-state index in [2.05, 4.69) is 15.5 Å². The minimum absolute atomic E-state index is 0.0598. The molecule has 8 heteroatoms. The van der Waals surface area contributed by atoms with E-state index in [9.17, 15) is 18.3 Å². The Morgan fingerprint density at radius 3 is 2.50 bits per heavy atom. The highest BCUT2D eigenvalue weighted by Crippen LogP contribution is 2.39. The molecule has 0 bridgehead atoms. The number of halogens is 3. The predicted octanol–water partition coefficient (Wildman–Crippen LogP) is 3.27. The first kappa shape index (κ1) is 18.0. The summed E-state index contributed by atoms with van der Waals surface area (Å²) >= 11 is 0. The summed E-state index contributed by atoms with van der Waals surface area (Å²) in [6.45, 7) is 3.53. The molecule has 0 radical (unpaired) electrons. The quantitative estimate of drug-likeness (QED) is 0.874. The number of nitrogens with zero attached hydrogens (tertiary/aromatic N) is 2. The number of hydrogen-bond donors (Lipinski definition) is 2. The second-order valence-electron chi connectivity index (χ2n) is 5.40. The molecule has 0 aliphatic carbocycles. The lowest BCUT2D eigenvalue weighted by Crippen LogP contribution is -2.16. The van der Waals surface area contributed by atoms with Crippen LogP contribution >= 0.6 is 0 Å². The van der Waals surface area contributed by atoms with Crippen molar-refractivity contribution in [2.75, 3.05) is 19.0 Å². The average Bonchev–Trinajstić information content (AvgIpc) is 2.51. The molecule has 130 valence electrons. The Labute approximate surface area is 137 Å². The zero-order valence-corrected chi connectivity index (χ0v) is 13.5. The molecule has 5 nitrogen and oxygen atoms in total. The molecule has 1 aromatic heterocycles. The predicted molar refractivity (Wildman–Crippen MR) is 83.9 cm³/mol. The Morgan fingerprint density at radius 2 is 1.96 bits per heavy atom. The number of benzene rings is 1. The molecule has 0 amide bonds. The number of aryl methyl sites for hydroxylation is 1. The molecule has 2 N–H and O–H groups in total. The van der Waals surface area contributed by atoms with Gasteiger partial charge in [-0.3, -0.25) is 0 Å². The number of alkyl halides is 3. The summed E-state index contributed by atoms with van der Waals surface area (Å²) < 4.78 is 44.9. The van der Waals surface area contributed by atoms with Crippen LogP contribution in [0.4, 0.5) is 19.0 Å². The molecule has 0 fully saturated rings. The molecular formula is C16H18F3N3O2. The van der Waals surface area contributed by atoms with Crippen molar-refractivity contribution in [1.29, 1.82) is 0 Å². The standard InChI is InChI=1S/C16H18F3N3O2/c1-9-6-14(20-8-10(2)23)21-22-15(9)12-5-4-11(24-3)7-13(12)16(17,18)19/h4-7,10,23H,8H2,1-3H3,(H,20,21)/t10-/m1/s1. The lowest BCUT2D eigenvalue weighted by atomic mass is 10.0. The minimum atomic E-state index is -4.54. The molecule has 0 spiro atoms. The van der Waals surface area contributed by atoms with Gasteiger partial charge in [-0.25, -0.2) is 0 Å². The van der Waals surface area contributed by atoms with Gasteiger partial charge < -0.3 is 15.2 Å². The van der Waals surface area contributed by atoms with E-state index >= 15 is 0 Å². The van der Waals surface area contributed by atoms with Crippen LogP contribution in [0.15, 0.2) is 24.3 Å². The van der Waals surface area contributed by atoms with E-state index in [-0.39, 0.29) is 23.6 Å². The number of aliphatic hydroxyl groups excluding tert-OH is 1. The maximum absolute atomic E-state index is 13.3. The van der Waals surface area contributed by atoms with Crippen LogP contribution in [0.2, 0.25) is 0 Å². The number of aromatic nitrogens is 2. The third-order valence-electron chi connectivity index (χ3n) is 3.35. The number of rotatable bonds is 5. The maximum atomic E-state index is 13.3. The van der Waals surface area contributed by atoms with Gasteiger partial charge >= 0.3 is 6.18 Å². The zero-order chi connectivity index (χ0) is 17.9. The summed E-state index contributed by atoms with van der Waals surface area (Å²) in [5.41, 5.74) is -0.208. The van der Waals surface area contributed by atoms with Crippen molar-refractivity contribution in [2.45, 2.75) is 26.1 Å². The highest BCUT2D eigenvalue weighted by molar-refractivity contribution is 5.69. The average molecular weight is 341 g/mol. The summed E-state index contributed by atoms with van der Waals surface area (Å²) in [4.78, 5) is 0. The zero-order valence-electron chi connectivity index (χ0n) is 13.5. The maximum Gasteiger partial charge on any atom is 0.417 e. The lowest BCUT2D eigenvalue weighted by molar-refractivity contribution is -0.137. The van der Waals surface area contributed by atoms with E-state index in [1.54, 1.807) is 19.9 Å². The van der Waals surface area contributed by atoms with Crippen molar-refractivity contribution < 1.29 is 23.0 Å². The third kappa shape index (κ3) is 4.14. The topological polar surface area (TPSA) is 67.3 Å². The van der Waals surface area contributed by atoms with E-state index in [1.165, 1.54) is 19.2 Å². The SMILES string of the molecule is COc1ccc(-c2nnc(NC[C@@H](C)O)cc2C)c(C(F)(F)F)c1. The molecule has 2 aromatic rings. The summed E-state index contributed by atoms with van der Waals surface area (Å²) in [5.74, 6) is 0.506. The van der Waals surface area contributed by atoms with Crippen molar-refractivity contribution >= 4 is 5.82 Å². The lowest BCUT2D eigenvalue weighted by Gasteiger charge is -2.15. The Balaban J connectivity index is 2.44. The molecule has 1 atom stereocenters. The minimum Gasteiger partial charge on any atom is -0.497 e. The van der Waals surface area contributed by atoms with Gasteiger partial charge in [0.15, 0.2) is 0 Å². The fourth-order valence-corrected chi connectivity index (χ4v) is 2.18. The molecule has 2 rings (SSSR count). The van der Waals surface area contributed by atoms with Crippen LogP contribution in [0.25, 0.3) is 11.3 Å². The van der Waals surface area contributed by atoms with Gasteiger partial charge in [-0.05, 0) is 43.7 Å². The first-order valence-electron chi connectivity index (χ1n) is 7.24. The van der Waals surface area contributed by atoms with E-state index in [1.807, 2.05) is 0 Å². The summed E-state index contributed by atoms with van der Waals surface area (Å²) in [6.07, 6.45) is -5.12. The van der Waals surface area contributed by atoms with Crippen molar-refractivity contribution in [2.24, 2.45) is 0 Å². The highest BCUT2D eigenvalue weighted by atomic mass is 19.4. The monoisotopic (exact) mass is 341 g/mol. The molecule has 0 unspecified atom stereocenters. The van der Waals surface area contributed by atoms with Crippen LogP contribution in [0.5, 0.6) is 5.75 Å². The number of ether oxygens (including phenoxy) is 1. The van der Waals surface area contributed by atoms with E-state index < -0.39 is 17.8 Å². The van der Waals surface area contributed by atoms with Crippen LogP contribution in [0.1, 0.15) is 18.1 Å². The van der Waals surface area contributed by atoms with Crippen molar-refractivity contribution in [1.82, 2.24) is 10.2 Å². The fourth-order valence-electron chi connectivity index (χ4n) is 2.18. The van der Waals surface area contributed by atoms with Crippen LogP contribution in [0.3, 0.4) is 0 Å². The van der Waals surface area contributed by atoms with E-state index in [0.29, 0.717) is 11.4 Å². The second-order valence-corrected chi connectivity index (χ2v) is 5.40. The number of hydrogen-bond acceptors (Lipinski definition) is 5. The van der Waals surface area contributed by atoms with Gasteiger partial charge in [0.2, 0.25) is 0 Å². The Hall–Kier alpha value is -2.35. The first-order chi connectivity index (χ1) is 11.2. The Morgan fingerprint density at radius 1 is 1.25 bits per heavy atom. The first-order valence-corrected chi connectivity index (χ1v) is 7.24. The smallest absolute Gasteiger partial charge is 0.417 e. The number of nitrogens with one attached hydrogen (secondary N) is 1. The van der Waals surface area contributed by atoms with Gasteiger partial charge in [0, 0.05) is 12.1 Å². The van der Waals surface area contributed by atoms with Gasteiger partial charge in [0.05, 0.1) is 24.5 Å². The van der Waals surface area contributed by atoms with Crippen LogP contribution in [-0.4, -0.2) is 35.1 Å². The highest BCUT2D eigenvalue weighted by Gasteiger charge is 2.35. The van der Waals surface area contributed by atoms with Gasteiger partial charge in [0.1, 0.15) is 11.6 Å². The molecular weight excluding hydrogens is 323 g/mol. The Bertz CT molecular complexity index is 718. The Kier molecular flexibility index (Phi) is 5.28. The number of methoxy groups -OCH3 is 1. The third-order valence-corrected chi connectivity index (χ3v) is 3.35. The molecule has 0 aliphatic rings. The largest absolute Gasteiger partial charge is 0.497 e. The summed E-state index contributed by atoms with van der Waals surface area (Å²) in [6, 6.07) is 5.30. The molecule has 1 heterocycles. The second kappa shape index (κ2) is 7.04. The molecule has 1 aromatic carbocycles. The molecule has 24 heavy (non-hydrogen) atoms. The van der Waals surface area contributed by atoms with Crippen molar-refractivity contribution in [3.05, 3.63) is 35.4 Å². The molecule has 0 saturated carbocycles. The van der Waals surface area contributed by atoms with Gasteiger partial charge in [-0.2, -0.15) is 13.2 Å².